The third kappa shape index (κ3) is 11.1. The third-order valence-corrected chi connectivity index (χ3v) is 6.98. The van der Waals surface area contributed by atoms with E-state index in [9.17, 15) is 27.9 Å². The van der Waals surface area contributed by atoms with Gasteiger partial charge in [-0.2, -0.15) is 13.2 Å². The number of benzene rings is 2. The van der Waals surface area contributed by atoms with E-state index in [0.717, 1.165) is 16.0 Å². The molecule has 8 nitrogen and oxygen atoms in total. The largest absolute Gasteiger partial charge is 0.490 e. The average molecular weight is 632 g/mol. The van der Waals surface area contributed by atoms with E-state index in [1.165, 1.54) is 11.3 Å². The molecule has 41 heavy (non-hydrogen) atoms. The standard InChI is InChI=1S/C25H25Cl2N3O3S.C2HF3O2/c1-15(28)29-12-4-9-20(25(32)33)30-24(31)22-11-10-21(34-22)23(16-5-2-7-18(26)13-16)17-6-3-8-19(27)14-17;3-2(4,5)1(6)7/h2-3,5-8,10-11,13-14,20,23H,4,9,12H2,1H3,(H2,28,29)(H,30,31)(H,32,33);(H,6,7)/t20-;/m0./s1. The highest BCUT2D eigenvalue weighted by molar-refractivity contribution is 7.14. The van der Waals surface area contributed by atoms with Gasteiger partial charge in [0, 0.05) is 27.4 Å². The van der Waals surface area contributed by atoms with Crippen molar-refractivity contribution in [3.05, 3.63) is 91.6 Å². The molecule has 2 aromatic carbocycles. The van der Waals surface area contributed by atoms with Crippen molar-refractivity contribution in [2.24, 2.45) is 10.7 Å². The molecule has 1 atom stereocenters. The number of nitrogens with two attached hydrogens (primary N) is 1. The molecule has 0 saturated carbocycles. The fourth-order valence-corrected chi connectivity index (χ4v) is 5.03. The molecule has 220 valence electrons. The summed E-state index contributed by atoms with van der Waals surface area (Å²) in [5, 5.41) is 20.5. The molecule has 0 radical (unpaired) electrons. The molecule has 0 aliphatic rings. The molecule has 0 aliphatic carbocycles. The summed E-state index contributed by atoms with van der Waals surface area (Å²) in [5.41, 5.74) is 7.43. The summed E-state index contributed by atoms with van der Waals surface area (Å²) < 4.78 is 31.7. The monoisotopic (exact) mass is 631 g/mol. The summed E-state index contributed by atoms with van der Waals surface area (Å²) >= 11 is 13.8. The van der Waals surface area contributed by atoms with Crippen LogP contribution < -0.4 is 11.1 Å². The number of amidine groups is 1. The summed E-state index contributed by atoms with van der Waals surface area (Å²) in [6, 6.07) is 17.7. The number of carboxylic acids is 2. The number of halogens is 5. The van der Waals surface area contributed by atoms with E-state index in [4.69, 9.17) is 38.8 Å². The summed E-state index contributed by atoms with van der Waals surface area (Å²) in [7, 11) is 0. The predicted octanol–water partition coefficient (Wildman–Crippen LogP) is 6.21. The lowest BCUT2D eigenvalue weighted by atomic mass is 9.90. The minimum Gasteiger partial charge on any atom is -0.480 e. The van der Waals surface area contributed by atoms with Gasteiger partial charge in [0.05, 0.1) is 10.7 Å². The van der Waals surface area contributed by atoms with E-state index < -0.39 is 30.1 Å². The van der Waals surface area contributed by atoms with Gasteiger partial charge >= 0.3 is 18.1 Å². The van der Waals surface area contributed by atoms with Crippen molar-refractivity contribution in [3.8, 4) is 0 Å². The number of aliphatic imine (C=N–C) groups is 1. The van der Waals surface area contributed by atoms with E-state index in [-0.39, 0.29) is 12.3 Å². The van der Waals surface area contributed by atoms with E-state index in [2.05, 4.69) is 10.3 Å². The minimum atomic E-state index is -5.08. The Labute approximate surface area is 247 Å². The SMILES string of the molecule is CC(N)=NCCC[C@H](NC(=O)c1ccc(C(c2cccc(Cl)c2)c2cccc(Cl)c2)s1)C(=O)O.O=C(O)C(F)(F)F. The smallest absolute Gasteiger partial charge is 0.480 e. The number of hydrogen-bond donors (Lipinski definition) is 4. The van der Waals surface area contributed by atoms with Gasteiger partial charge in [0.25, 0.3) is 5.91 Å². The van der Waals surface area contributed by atoms with Crippen LogP contribution in [0.25, 0.3) is 0 Å². The Kier molecular flexibility index (Phi) is 12.6. The summed E-state index contributed by atoms with van der Waals surface area (Å²) in [4.78, 5) is 38.8. The average Bonchev–Trinajstić information content (AvgIpc) is 3.35. The van der Waals surface area contributed by atoms with Gasteiger partial charge in [0.1, 0.15) is 6.04 Å². The zero-order chi connectivity index (χ0) is 30.7. The van der Waals surface area contributed by atoms with Crippen LogP contribution in [0.15, 0.2) is 65.7 Å². The number of carbonyl (C=O) groups excluding carboxylic acids is 1. The zero-order valence-electron chi connectivity index (χ0n) is 21.5. The Balaban J connectivity index is 0.000000745. The first-order valence-electron chi connectivity index (χ1n) is 11.9. The Morgan fingerprint density at radius 2 is 1.54 bits per heavy atom. The number of hydrogen-bond acceptors (Lipinski definition) is 5. The lowest BCUT2D eigenvalue weighted by Crippen LogP contribution is -2.40. The minimum absolute atomic E-state index is 0.184. The zero-order valence-corrected chi connectivity index (χ0v) is 23.8. The van der Waals surface area contributed by atoms with E-state index in [1.807, 2.05) is 42.5 Å². The molecule has 1 aromatic heterocycles. The van der Waals surface area contributed by atoms with Crippen molar-refractivity contribution in [2.75, 3.05) is 6.54 Å². The Bertz CT molecular complexity index is 1350. The Morgan fingerprint density at radius 1 is 1.00 bits per heavy atom. The van der Waals surface area contributed by atoms with Crippen LogP contribution in [0.2, 0.25) is 10.0 Å². The van der Waals surface area contributed by atoms with Crippen molar-refractivity contribution in [1.82, 2.24) is 5.32 Å². The molecule has 1 heterocycles. The normalized spacial score (nSPS) is 12.3. The molecule has 0 spiro atoms. The molecule has 3 aromatic rings. The maximum absolute atomic E-state index is 12.9. The first-order chi connectivity index (χ1) is 19.2. The van der Waals surface area contributed by atoms with E-state index in [0.29, 0.717) is 33.7 Å². The predicted molar refractivity (Wildman–Crippen MR) is 152 cm³/mol. The third-order valence-electron chi connectivity index (χ3n) is 5.36. The highest BCUT2D eigenvalue weighted by atomic mass is 35.5. The van der Waals surface area contributed by atoms with Crippen LogP contribution in [0, 0.1) is 0 Å². The van der Waals surface area contributed by atoms with Crippen LogP contribution >= 0.6 is 34.5 Å². The van der Waals surface area contributed by atoms with Gasteiger partial charge in [-0.25, -0.2) is 9.59 Å². The van der Waals surface area contributed by atoms with Crippen molar-refractivity contribution in [3.63, 3.8) is 0 Å². The van der Waals surface area contributed by atoms with Crippen molar-refractivity contribution >= 4 is 58.2 Å². The molecular formula is C27H26Cl2F3N3O5S. The molecule has 3 rings (SSSR count). The number of thiophene rings is 1. The molecular weight excluding hydrogens is 606 g/mol. The van der Waals surface area contributed by atoms with Crippen LogP contribution in [0.5, 0.6) is 0 Å². The van der Waals surface area contributed by atoms with Gasteiger partial charge in [-0.1, -0.05) is 47.5 Å². The second-order valence-electron chi connectivity index (χ2n) is 8.58. The molecule has 0 aliphatic heterocycles. The maximum atomic E-state index is 12.9. The fourth-order valence-electron chi connectivity index (χ4n) is 3.56. The lowest BCUT2D eigenvalue weighted by Gasteiger charge is -2.17. The van der Waals surface area contributed by atoms with Crippen LogP contribution in [0.1, 0.15) is 51.4 Å². The second-order valence-corrected chi connectivity index (χ2v) is 10.6. The second kappa shape index (κ2) is 15.4. The fraction of sp³-hybridized carbons (Fsp3) is 0.259. The number of nitrogens with zero attached hydrogens (tertiary/aromatic N) is 1. The van der Waals surface area contributed by atoms with Gasteiger partial charge < -0.3 is 21.3 Å². The highest BCUT2D eigenvalue weighted by Gasteiger charge is 2.38. The molecule has 5 N–H and O–H groups in total. The van der Waals surface area contributed by atoms with Gasteiger partial charge in [0.15, 0.2) is 0 Å². The Hall–Kier alpha value is -3.61. The number of rotatable bonds is 10. The first kappa shape index (κ1) is 33.6. The number of aliphatic carboxylic acids is 2. The van der Waals surface area contributed by atoms with E-state index in [1.54, 1.807) is 25.1 Å². The summed E-state index contributed by atoms with van der Waals surface area (Å²) in [6.07, 6.45) is -4.34. The first-order valence-corrected chi connectivity index (χ1v) is 13.5. The quantitative estimate of drug-likeness (QED) is 0.119. The number of carboxylic acid groups (broad SMARTS) is 2. The number of amides is 1. The van der Waals surface area contributed by atoms with Gasteiger partial charge in [0.2, 0.25) is 0 Å². The Morgan fingerprint density at radius 3 is 1.98 bits per heavy atom. The lowest BCUT2D eigenvalue weighted by molar-refractivity contribution is -0.192. The molecule has 1 amide bonds. The van der Waals surface area contributed by atoms with Crippen molar-refractivity contribution in [1.29, 1.82) is 0 Å². The maximum Gasteiger partial charge on any atom is 0.490 e. The summed E-state index contributed by atoms with van der Waals surface area (Å²) in [5.74, 6) is -4.02. The van der Waals surface area contributed by atoms with Gasteiger partial charge in [-0.3, -0.25) is 9.79 Å². The highest BCUT2D eigenvalue weighted by Crippen LogP contribution is 2.37. The van der Waals surface area contributed by atoms with Gasteiger partial charge in [-0.15, -0.1) is 11.3 Å². The summed E-state index contributed by atoms with van der Waals surface area (Å²) in [6.45, 7) is 2.08. The van der Waals surface area contributed by atoms with Crippen molar-refractivity contribution < 1.29 is 37.8 Å². The van der Waals surface area contributed by atoms with Crippen LogP contribution in [-0.4, -0.2) is 52.7 Å². The van der Waals surface area contributed by atoms with Crippen LogP contribution in [-0.2, 0) is 9.59 Å². The number of alkyl halides is 3. The van der Waals surface area contributed by atoms with Crippen molar-refractivity contribution in [2.45, 2.75) is 37.9 Å². The number of nitrogens with one attached hydrogen (secondary N) is 1. The molecule has 14 heteroatoms. The molecule has 0 unspecified atom stereocenters. The van der Waals surface area contributed by atoms with E-state index >= 15 is 0 Å². The molecule has 0 saturated heterocycles. The van der Waals surface area contributed by atoms with Crippen LogP contribution in [0.3, 0.4) is 0 Å². The number of carbonyl (C=O) groups is 3. The topological polar surface area (TPSA) is 142 Å². The molecule has 0 fully saturated rings. The van der Waals surface area contributed by atoms with Gasteiger partial charge in [-0.05, 0) is 67.3 Å². The molecule has 0 bridgehead atoms. The van der Waals surface area contributed by atoms with Crippen LogP contribution in [0.4, 0.5) is 13.2 Å².